The third-order valence-electron chi connectivity index (χ3n) is 6.48. The van der Waals surface area contributed by atoms with Gasteiger partial charge in [0.1, 0.15) is 23.0 Å². The Balaban J connectivity index is 0.00000800. The number of hydrogen-bond donors (Lipinski definition) is 0. The number of ether oxygens (including phenoxy) is 4. The zero-order valence-electron chi connectivity index (χ0n) is 24.4. The molecule has 0 fully saturated rings. The fourth-order valence-corrected chi connectivity index (χ4v) is 5.69. The van der Waals surface area contributed by atoms with Gasteiger partial charge in [0.25, 0.3) is 0 Å². The molecule has 0 amide bonds. The van der Waals surface area contributed by atoms with Crippen LogP contribution < -0.4 is 24.3 Å². The molecule has 0 N–H and O–H groups in total. The molecule has 0 spiro atoms. The molecule has 0 saturated heterocycles. The SMILES string of the molecule is CCCCCCOc1cc(OCCCCCC)c(PC(=O)c2c(Cl)cccc2OC)c(OCCCCCC)c1.[LiH]. The van der Waals surface area contributed by atoms with E-state index in [1.54, 1.807) is 25.3 Å². The molecule has 0 radical (unpaired) electrons. The standard InChI is InChI=1S/C32H48ClO5P.Li.H/c1-5-8-11-14-20-36-25-23-28(37-21-15-12-9-6-2)31(29(24-25)38-22-16-13-10-7-3)39-32(34)30-26(33)18-17-19-27(30)35-4;;/h17-19,23-24,39H,5-16,20-22H2,1-4H3;;. The molecule has 220 valence electrons. The topological polar surface area (TPSA) is 54.0 Å². The first kappa shape index (κ1) is 36.7. The van der Waals surface area contributed by atoms with E-state index in [1.807, 2.05) is 12.1 Å². The molecule has 0 bridgehead atoms. The van der Waals surface area contributed by atoms with E-state index in [4.69, 9.17) is 30.5 Å². The van der Waals surface area contributed by atoms with E-state index in [2.05, 4.69) is 20.8 Å². The second-order valence-corrected chi connectivity index (χ2v) is 11.4. The summed E-state index contributed by atoms with van der Waals surface area (Å²) in [5.41, 5.74) is 0.274. The van der Waals surface area contributed by atoms with E-state index in [1.165, 1.54) is 25.7 Å². The Labute approximate surface area is 261 Å². The first-order chi connectivity index (χ1) is 19.0. The van der Waals surface area contributed by atoms with Gasteiger partial charge in [-0.25, -0.2) is 0 Å². The molecule has 0 aliphatic carbocycles. The van der Waals surface area contributed by atoms with E-state index >= 15 is 0 Å². The predicted molar refractivity (Wildman–Crippen MR) is 173 cm³/mol. The van der Waals surface area contributed by atoms with Crippen molar-refractivity contribution in [2.75, 3.05) is 26.9 Å². The van der Waals surface area contributed by atoms with Gasteiger partial charge in [0.05, 0.1) is 42.8 Å². The van der Waals surface area contributed by atoms with Crippen LogP contribution in [0.5, 0.6) is 23.0 Å². The van der Waals surface area contributed by atoms with Crippen molar-refractivity contribution in [1.29, 1.82) is 0 Å². The quantitative estimate of drug-likeness (QED) is 0.0784. The van der Waals surface area contributed by atoms with Crippen LogP contribution in [0.4, 0.5) is 0 Å². The minimum absolute atomic E-state index is 0. The average Bonchev–Trinajstić information content (AvgIpc) is 2.93. The molecule has 0 aromatic heterocycles. The zero-order chi connectivity index (χ0) is 28.3. The van der Waals surface area contributed by atoms with Gasteiger partial charge in [0.2, 0.25) is 0 Å². The van der Waals surface area contributed by atoms with Crippen LogP contribution in [0.1, 0.15) is 108 Å². The molecule has 8 heteroatoms. The van der Waals surface area contributed by atoms with Gasteiger partial charge >= 0.3 is 18.9 Å². The van der Waals surface area contributed by atoms with Crippen molar-refractivity contribution >= 4 is 49.9 Å². The van der Waals surface area contributed by atoms with E-state index in [9.17, 15) is 4.79 Å². The Bertz CT molecular complexity index is 953. The Kier molecular flexibility index (Phi) is 20.4. The van der Waals surface area contributed by atoms with Crippen molar-refractivity contribution in [3.05, 3.63) is 40.9 Å². The first-order valence-corrected chi connectivity index (χ1v) is 16.1. The van der Waals surface area contributed by atoms with Crippen molar-refractivity contribution in [1.82, 2.24) is 0 Å². The number of rotatable bonds is 22. The van der Waals surface area contributed by atoms with Crippen molar-refractivity contribution in [3.63, 3.8) is 0 Å². The molecule has 5 nitrogen and oxygen atoms in total. The second-order valence-electron chi connectivity index (χ2n) is 9.79. The fourth-order valence-electron chi connectivity index (χ4n) is 4.21. The van der Waals surface area contributed by atoms with Crippen LogP contribution >= 0.6 is 20.2 Å². The van der Waals surface area contributed by atoms with Gasteiger partial charge in [0.15, 0.2) is 5.52 Å². The van der Waals surface area contributed by atoms with Crippen LogP contribution in [0.25, 0.3) is 0 Å². The van der Waals surface area contributed by atoms with Gasteiger partial charge < -0.3 is 18.9 Å². The summed E-state index contributed by atoms with van der Waals surface area (Å²) in [6.07, 6.45) is 13.4. The molecule has 0 saturated carbocycles. The summed E-state index contributed by atoms with van der Waals surface area (Å²) in [5, 5.41) is 1.13. The third-order valence-corrected chi connectivity index (χ3v) is 8.01. The molecule has 0 aliphatic heterocycles. The summed E-state index contributed by atoms with van der Waals surface area (Å²) < 4.78 is 24.2. The molecule has 1 unspecified atom stereocenters. The van der Waals surface area contributed by atoms with Gasteiger partial charge in [0, 0.05) is 12.1 Å². The Morgan fingerprint density at radius 1 is 0.725 bits per heavy atom. The number of hydrogen-bond acceptors (Lipinski definition) is 5. The summed E-state index contributed by atoms with van der Waals surface area (Å²) in [5.74, 6) is 2.49. The van der Waals surface area contributed by atoms with Crippen molar-refractivity contribution in [2.24, 2.45) is 0 Å². The number of methoxy groups -OCH3 is 1. The summed E-state index contributed by atoms with van der Waals surface area (Å²) >= 11 is 6.45. The normalized spacial score (nSPS) is 10.9. The molecular formula is C32H49ClLiO5P. The van der Waals surface area contributed by atoms with E-state index in [-0.39, 0.29) is 33.0 Å². The molecule has 40 heavy (non-hydrogen) atoms. The maximum absolute atomic E-state index is 13.6. The maximum atomic E-state index is 13.6. The summed E-state index contributed by atoms with van der Waals surface area (Å²) in [6, 6.07) is 9.10. The second kappa shape index (κ2) is 22.3. The minimum atomic E-state index is -0.237. The zero-order valence-corrected chi connectivity index (χ0v) is 26.2. The molecule has 0 heterocycles. The average molecular weight is 587 g/mol. The number of benzene rings is 2. The van der Waals surface area contributed by atoms with E-state index in [0.717, 1.165) is 62.4 Å². The number of carbonyl (C=O) groups is 1. The van der Waals surface area contributed by atoms with Crippen LogP contribution in [0.3, 0.4) is 0 Å². The van der Waals surface area contributed by atoms with Crippen LogP contribution in [-0.2, 0) is 0 Å². The van der Waals surface area contributed by atoms with Crippen LogP contribution in [0.2, 0.25) is 5.02 Å². The molecule has 2 aromatic carbocycles. The summed E-state index contributed by atoms with van der Waals surface area (Å²) in [7, 11) is 1.31. The summed E-state index contributed by atoms with van der Waals surface area (Å²) in [6.45, 7) is 8.39. The first-order valence-electron chi connectivity index (χ1n) is 14.8. The van der Waals surface area contributed by atoms with Gasteiger partial charge in [-0.1, -0.05) is 96.2 Å². The molecule has 1 atom stereocenters. The van der Waals surface area contributed by atoms with Gasteiger partial charge in [-0.2, -0.15) is 0 Å². The van der Waals surface area contributed by atoms with Crippen molar-refractivity contribution < 1.29 is 23.7 Å². The molecular weight excluding hydrogens is 538 g/mol. The van der Waals surface area contributed by atoms with Gasteiger partial charge in [-0.05, 0) is 40.0 Å². The van der Waals surface area contributed by atoms with Crippen LogP contribution in [-0.4, -0.2) is 51.3 Å². The van der Waals surface area contributed by atoms with Crippen molar-refractivity contribution in [3.8, 4) is 23.0 Å². The Morgan fingerprint density at radius 2 is 1.23 bits per heavy atom. The summed E-state index contributed by atoms with van der Waals surface area (Å²) in [4.78, 5) is 13.6. The number of halogens is 1. The monoisotopic (exact) mass is 586 g/mol. The fraction of sp³-hybridized carbons (Fsp3) is 0.594. The Morgan fingerprint density at radius 3 is 1.70 bits per heavy atom. The van der Waals surface area contributed by atoms with Gasteiger partial charge in [-0.3, -0.25) is 4.79 Å². The third kappa shape index (κ3) is 13.1. The van der Waals surface area contributed by atoms with Gasteiger partial charge in [-0.15, -0.1) is 0 Å². The predicted octanol–water partition coefficient (Wildman–Crippen LogP) is 8.72. The number of carbonyl (C=O) groups excluding carboxylic acids is 1. The van der Waals surface area contributed by atoms with Crippen molar-refractivity contribution in [2.45, 2.75) is 97.8 Å². The van der Waals surface area contributed by atoms with Crippen LogP contribution in [0.15, 0.2) is 30.3 Å². The van der Waals surface area contributed by atoms with E-state index in [0.29, 0.717) is 47.7 Å². The Hall–Kier alpha value is -1.37. The molecule has 2 rings (SSSR count). The molecule has 2 aromatic rings. The van der Waals surface area contributed by atoms with E-state index < -0.39 is 0 Å². The number of unbranched alkanes of at least 4 members (excludes halogenated alkanes) is 9. The molecule has 0 aliphatic rings. The van der Waals surface area contributed by atoms with Crippen LogP contribution in [0, 0.1) is 0 Å².